The van der Waals surface area contributed by atoms with Crippen molar-refractivity contribution in [3.8, 4) is 0 Å². The van der Waals surface area contributed by atoms with Gasteiger partial charge in [-0.2, -0.15) is 0 Å². The highest BCUT2D eigenvalue weighted by Crippen LogP contribution is 2.23. The predicted molar refractivity (Wildman–Crippen MR) is 78.5 cm³/mol. The Bertz CT molecular complexity index is 550. The number of aliphatic hydroxyl groups excluding tert-OH is 1. The Kier molecular flexibility index (Phi) is 5.14. The van der Waals surface area contributed by atoms with Crippen molar-refractivity contribution < 1.29 is 14.8 Å². The van der Waals surface area contributed by atoms with Crippen LogP contribution in [0.1, 0.15) is 42.5 Å². The van der Waals surface area contributed by atoms with E-state index in [1.54, 1.807) is 0 Å². The number of nitro groups is 1. The van der Waals surface area contributed by atoms with Crippen LogP contribution in [-0.2, 0) is 0 Å². The summed E-state index contributed by atoms with van der Waals surface area (Å²) in [5, 5.41) is 23.7. The normalized spacial score (nSPS) is 22.4. The molecule has 1 amide bonds. The number of benzene rings is 1. The van der Waals surface area contributed by atoms with E-state index in [9.17, 15) is 20.0 Å². The number of hydrogen-bond acceptors (Lipinski definition) is 4. The second kappa shape index (κ2) is 6.87. The summed E-state index contributed by atoms with van der Waals surface area (Å²) in [5.74, 6) is -0.491. The summed E-state index contributed by atoms with van der Waals surface area (Å²) in [5.41, 5.74) is -0.131. The number of aliphatic hydroxyl groups is 1. The fourth-order valence-corrected chi connectivity index (χ4v) is 2.71. The largest absolute Gasteiger partial charge is 0.391 e. The van der Waals surface area contributed by atoms with Crippen molar-refractivity contribution in [1.82, 2.24) is 5.32 Å². The molecule has 0 heterocycles. The fraction of sp³-hybridized carbons (Fsp3) is 0.500. The van der Waals surface area contributed by atoms with Crippen LogP contribution in [0.3, 0.4) is 0 Å². The number of halogens is 1. The Morgan fingerprint density at radius 1 is 1.33 bits per heavy atom. The SMILES string of the molecule is O=C(NC1CCCCCC1O)c1cc([N+](=O)[O-])ccc1Cl. The zero-order valence-electron chi connectivity index (χ0n) is 11.4. The first-order chi connectivity index (χ1) is 9.99. The number of rotatable bonds is 3. The average Bonchev–Trinajstić information content (AvgIpc) is 2.64. The molecule has 0 saturated heterocycles. The fourth-order valence-electron chi connectivity index (χ4n) is 2.50. The maximum absolute atomic E-state index is 12.2. The molecule has 0 spiro atoms. The van der Waals surface area contributed by atoms with E-state index in [-0.39, 0.29) is 22.3 Å². The first-order valence-electron chi connectivity index (χ1n) is 6.92. The number of nitrogens with zero attached hydrogens (tertiary/aromatic N) is 1. The van der Waals surface area contributed by atoms with E-state index >= 15 is 0 Å². The van der Waals surface area contributed by atoms with Gasteiger partial charge in [0.1, 0.15) is 0 Å². The summed E-state index contributed by atoms with van der Waals surface area (Å²) in [6, 6.07) is 3.40. The molecular weight excluding hydrogens is 296 g/mol. The Morgan fingerprint density at radius 3 is 2.76 bits per heavy atom. The highest BCUT2D eigenvalue weighted by Gasteiger charge is 2.25. The van der Waals surface area contributed by atoms with Crippen LogP contribution in [-0.4, -0.2) is 28.1 Å². The van der Waals surface area contributed by atoms with Crippen molar-refractivity contribution in [3.05, 3.63) is 38.9 Å². The molecular formula is C14H17ClN2O4. The van der Waals surface area contributed by atoms with Gasteiger partial charge in [0.05, 0.1) is 27.7 Å². The molecule has 1 fully saturated rings. The zero-order chi connectivity index (χ0) is 15.4. The lowest BCUT2D eigenvalue weighted by Crippen LogP contribution is -2.42. The molecule has 1 saturated carbocycles. The Hall–Kier alpha value is -1.66. The number of carbonyl (C=O) groups is 1. The third-order valence-electron chi connectivity index (χ3n) is 3.70. The van der Waals surface area contributed by atoms with Gasteiger partial charge in [0.25, 0.3) is 11.6 Å². The van der Waals surface area contributed by atoms with Gasteiger partial charge in [0.15, 0.2) is 0 Å². The van der Waals surface area contributed by atoms with Gasteiger partial charge in [-0.05, 0) is 18.9 Å². The van der Waals surface area contributed by atoms with Crippen LogP contribution in [0.2, 0.25) is 5.02 Å². The Balaban J connectivity index is 2.15. The van der Waals surface area contributed by atoms with Gasteiger partial charge in [-0.3, -0.25) is 14.9 Å². The highest BCUT2D eigenvalue weighted by molar-refractivity contribution is 6.33. The Labute approximate surface area is 127 Å². The monoisotopic (exact) mass is 312 g/mol. The van der Waals surface area contributed by atoms with Crippen LogP contribution < -0.4 is 5.32 Å². The summed E-state index contributed by atoms with van der Waals surface area (Å²) >= 11 is 5.94. The maximum Gasteiger partial charge on any atom is 0.270 e. The first-order valence-corrected chi connectivity index (χ1v) is 7.29. The molecule has 1 aromatic rings. The minimum Gasteiger partial charge on any atom is -0.391 e. The van der Waals surface area contributed by atoms with Crippen molar-refractivity contribution in [3.63, 3.8) is 0 Å². The zero-order valence-corrected chi connectivity index (χ0v) is 12.2. The highest BCUT2D eigenvalue weighted by atomic mass is 35.5. The smallest absolute Gasteiger partial charge is 0.270 e. The van der Waals surface area contributed by atoms with E-state index in [0.29, 0.717) is 12.8 Å². The van der Waals surface area contributed by atoms with Crippen LogP contribution in [0, 0.1) is 10.1 Å². The van der Waals surface area contributed by atoms with Gasteiger partial charge in [0.2, 0.25) is 0 Å². The minimum absolute atomic E-state index is 0.0577. The molecule has 2 atom stereocenters. The van der Waals surface area contributed by atoms with Gasteiger partial charge >= 0.3 is 0 Å². The molecule has 7 heteroatoms. The quantitative estimate of drug-likeness (QED) is 0.510. The van der Waals surface area contributed by atoms with Crippen LogP contribution in [0.5, 0.6) is 0 Å². The van der Waals surface area contributed by atoms with Crippen molar-refractivity contribution in [2.24, 2.45) is 0 Å². The third kappa shape index (κ3) is 3.92. The second-order valence-electron chi connectivity index (χ2n) is 5.21. The summed E-state index contributed by atoms with van der Waals surface area (Å²) in [6.45, 7) is 0. The van der Waals surface area contributed by atoms with Gasteiger partial charge in [-0.25, -0.2) is 0 Å². The lowest BCUT2D eigenvalue weighted by Gasteiger charge is -2.22. The molecule has 0 bridgehead atoms. The van der Waals surface area contributed by atoms with Crippen LogP contribution in [0.4, 0.5) is 5.69 Å². The van der Waals surface area contributed by atoms with E-state index < -0.39 is 16.9 Å². The maximum atomic E-state index is 12.2. The van der Waals surface area contributed by atoms with E-state index in [1.165, 1.54) is 12.1 Å². The average molecular weight is 313 g/mol. The molecule has 1 aromatic carbocycles. The van der Waals surface area contributed by atoms with Gasteiger partial charge in [-0.1, -0.05) is 30.9 Å². The summed E-state index contributed by atoms with van der Waals surface area (Å²) in [7, 11) is 0. The third-order valence-corrected chi connectivity index (χ3v) is 4.03. The molecule has 2 N–H and O–H groups in total. The molecule has 1 aliphatic rings. The molecule has 0 aliphatic heterocycles. The molecule has 114 valence electrons. The summed E-state index contributed by atoms with van der Waals surface area (Å²) < 4.78 is 0. The topological polar surface area (TPSA) is 92.5 Å². The lowest BCUT2D eigenvalue weighted by atomic mass is 10.1. The first kappa shape index (κ1) is 15.7. The van der Waals surface area contributed by atoms with Crippen molar-refractivity contribution in [2.75, 3.05) is 0 Å². The van der Waals surface area contributed by atoms with Crippen molar-refractivity contribution >= 4 is 23.2 Å². The van der Waals surface area contributed by atoms with E-state index in [0.717, 1.165) is 25.3 Å². The van der Waals surface area contributed by atoms with Crippen LogP contribution >= 0.6 is 11.6 Å². The summed E-state index contributed by atoms with van der Waals surface area (Å²) in [4.78, 5) is 22.4. The lowest BCUT2D eigenvalue weighted by molar-refractivity contribution is -0.384. The standard InChI is InChI=1S/C14H17ClN2O4/c15-11-7-6-9(17(20)21)8-10(11)14(19)16-12-4-2-1-3-5-13(12)18/h6-8,12-13,18H,1-5H2,(H,16,19). The second-order valence-corrected chi connectivity index (χ2v) is 5.61. The van der Waals surface area contributed by atoms with Crippen molar-refractivity contribution in [2.45, 2.75) is 44.2 Å². The molecule has 0 radical (unpaired) electrons. The van der Waals surface area contributed by atoms with E-state index in [4.69, 9.17) is 11.6 Å². The number of amides is 1. The molecule has 6 nitrogen and oxygen atoms in total. The van der Waals surface area contributed by atoms with Gasteiger partial charge < -0.3 is 10.4 Å². The van der Waals surface area contributed by atoms with E-state index in [2.05, 4.69) is 5.32 Å². The van der Waals surface area contributed by atoms with Crippen molar-refractivity contribution in [1.29, 1.82) is 0 Å². The van der Waals surface area contributed by atoms with Gasteiger partial charge in [0, 0.05) is 12.1 Å². The van der Waals surface area contributed by atoms with E-state index in [1.807, 2.05) is 0 Å². The van der Waals surface area contributed by atoms with Gasteiger partial charge in [-0.15, -0.1) is 0 Å². The van der Waals surface area contributed by atoms with Crippen LogP contribution in [0.25, 0.3) is 0 Å². The number of hydrogen-bond donors (Lipinski definition) is 2. The molecule has 2 rings (SSSR count). The minimum atomic E-state index is -0.589. The molecule has 0 aromatic heterocycles. The van der Waals surface area contributed by atoms with Crippen LogP contribution in [0.15, 0.2) is 18.2 Å². The molecule has 1 aliphatic carbocycles. The number of non-ortho nitro benzene ring substituents is 1. The number of nitrogens with one attached hydrogen (secondary N) is 1. The number of carbonyl (C=O) groups excluding carboxylic acids is 1. The Morgan fingerprint density at radius 2 is 2.05 bits per heavy atom. The predicted octanol–water partition coefficient (Wildman–Crippen LogP) is 2.67. The molecule has 2 unspecified atom stereocenters. The summed E-state index contributed by atoms with van der Waals surface area (Å²) in [6.07, 6.45) is 3.65. The molecule has 21 heavy (non-hydrogen) atoms. The number of nitro benzene ring substituents is 1.